The number of benzene rings is 1. The van der Waals surface area contributed by atoms with E-state index in [0.29, 0.717) is 23.7 Å². The highest BCUT2D eigenvalue weighted by Crippen LogP contribution is 2.20. The van der Waals surface area contributed by atoms with Crippen molar-refractivity contribution in [3.63, 3.8) is 0 Å². The SMILES string of the molecule is NCCc1cn(-c2cc(F)ccc2Cl)nn1. The van der Waals surface area contributed by atoms with Crippen molar-refractivity contribution in [2.45, 2.75) is 6.42 Å². The molecule has 84 valence electrons. The molecule has 0 fully saturated rings. The third-order valence-electron chi connectivity index (χ3n) is 2.10. The molecule has 0 saturated heterocycles. The summed E-state index contributed by atoms with van der Waals surface area (Å²) in [6.45, 7) is 0.496. The van der Waals surface area contributed by atoms with Crippen LogP contribution in [0.1, 0.15) is 5.69 Å². The van der Waals surface area contributed by atoms with E-state index >= 15 is 0 Å². The molecule has 0 aliphatic rings. The minimum Gasteiger partial charge on any atom is -0.330 e. The molecule has 1 aromatic heterocycles. The van der Waals surface area contributed by atoms with Crippen LogP contribution in [-0.4, -0.2) is 21.5 Å². The van der Waals surface area contributed by atoms with E-state index in [1.807, 2.05) is 0 Å². The molecule has 6 heteroatoms. The van der Waals surface area contributed by atoms with E-state index in [4.69, 9.17) is 17.3 Å². The second kappa shape index (κ2) is 4.59. The minimum atomic E-state index is -0.365. The summed E-state index contributed by atoms with van der Waals surface area (Å²) < 4.78 is 14.5. The van der Waals surface area contributed by atoms with Crippen LogP contribution in [0.3, 0.4) is 0 Å². The fourth-order valence-electron chi connectivity index (χ4n) is 1.34. The molecule has 0 aliphatic heterocycles. The van der Waals surface area contributed by atoms with Gasteiger partial charge < -0.3 is 5.73 Å². The fraction of sp³-hybridized carbons (Fsp3) is 0.200. The van der Waals surface area contributed by atoms with Gasteiger partial charge in [0.2, 0.25) is 0 Å². The van der Waals surface area contributed by atoms with Gasteiger partial charge in [0, 0.05) is 12.5 Å². The summed E-state index contributed by atoms with van der Waals surface area (Å²) >= 11 is 5.94. The Morgan fingerprint density at radius 3 is 3.00 bits per heavy atom. The van der Waals surface area contributed by atoms with Gasteiger partial charge in [0.1, 0.15) is 5.82 Å². The topological polar surface area (TPSA) is 56.7 Å². The Hall–Kier alpha value is -1.46. The van der Waals surface area contributed by atoms with Crippen molar-refractivity contribution in [2.75, 3.05) is 6.54 Å². The minimum absolute atomic E-state index is 0.365. The number of hydrogen-bond donors (Lipinski definition) is 1. The molecule has 0 saturated carbocycles. The van der Waals surface area contributed by atoms with Crippen LogP contribution in [-0.2, 0) is 6.42 Å². The highest BCUT2D eigenvalue weighted by atomic mass is 35.5. The highest BCUT2D eigenvalue weighted by molar-refractivity contribution is 6.32. The lowest BCUT2D eigenvalue weighted by atomic mass is 10.3. The number of nitrogens with two attached hydrogens (primary N) is 1. The molecule has 0 bridgehead atoms. The third-order valence-corrected chi connectivity index (χ3v) is 2.42. The zero-order valence-electron chi connectivity index (χ0n) is 8.40. The first-order valence-corrected chi connectivity index (χ1v) is 5.15. The zero-order valence-corrected chi connectivity index (χ0v) is 9.15. The molecule has 2 aromatic rings. The van der Waals surface area contributed by atoms with Crippen LogP contribution in [0, 0.1) is 5.82 Å². The summed E-state index contributed by atoms with van der Waals surface area (Å²) in [6.07, 6.45) is 2.32. The lowest BCUT2D eigenvalue weighted by Gasteiger charge is -2.02. The lowest BCUT2D eigenvalue weighted by Crippen LogP contribution is -2.02. The quantitative estimate of drug-likeness (QED) is 0.886. The van der Waals surface area contributed by atoms with Crippen LogP contribution in [0.4, 0.5) is 4.39 Å². The van der Waals surface area contributed by atoms with Crippen LogP contribution in [0.5, 0.6) is 0 Å². The molecule has 2 N–H and O–H groups in total. The van der Waals surface area contributed by atoms with Crippen molar-refractivity contribution in [3.05, 3.63) is 40.9 Å². The maximum atomic E-state index is 13.0. The molecule has 0 unspecified atom stereocenters. The molecular weight excluding hydrogens is 231 g/mol. The van der Waals surface area contributed by atoms with Crippen molar-refractivity contribution >= 4 is 11.6 Å². The molecule has 0 atom stereocenters. The molecule has 0 spiro atoms. The van der Waals surface area contributed by atoms with Crippen LogP contribution >= 0.6 is 11.6 Å². The van der Waals surface area contributed by atoms with Gasteiger partial charge in [-0.1, -0.05) is 16.8 Å². The Balaban J connectivity index is 2.38. The Morgan fingerprint density at radius 1 is 1.44 bits per heavy atom. The van der Waals surface area contributed by atoms with Gasteiger partial charge in [-0.3, -0.25) is 0 Å². The molecule has 2 rings (SSSR count). The molecule has 1 heterocycles. The number of nitrogens with zero attached hydrogens (tertiary/aromatic N) is 3. The van der Waals surface area contributed by atoms with Crippen LogP contribution in [0.2, 0.25) is 5.02 Å². The summed E-state index contributed by atoms with van der Waals surface area (Å²) in [5, 5.41) is 8.19. The predicted molar refractivity (Wildman–Crippen MR) is 59.1 cm³/mol. The predicted octanol–water partition coefficient (Wildman–Crippen LogP) is 1.56. The third kappa shape index (κ3) is 2.20. The second-order valence-corrected chi connectivity index (χ2v) is 3.70. The number of rotatable bonds is 3. The Labute approximate surface area is 96.8 Å². The zero-order chi connectivity index (χ0) is 11.5. The van der Waals surface area contributed by atoms with Gasteiger partial charge in [0.15, 0.2) is 0 Å². The van der Waals surface area contributed by atoms with E-state index in [9.17, 15) is 4.39 Å². The molecule has 0 aliphatic carbocycles. The molecule has 0 amide bonds. The Morgan fingerprint density at radius 2 is 2.25 bits per heavy atom. The standard InChI is InChI=1S/C10H10ClFN4/c11-9-2-1-7(12)5-10(9)16-6-8(3-4-13)14-15-16/h1-2,5-6H,3-4,13H2. The monoisotopic (exact) mass is 240 g/mol. The van der Waals surface area contributed by atoms with E-state index < -0.39 is 0 Å². The van der Waals surface area contributed by atoms with E-state index in [-0.39, 0.29) is 5.82 Å². The van der Waals surface area contributed by atoms with Gasteiger partial charge in [-0.15, -0.1) is 5.10 Å². The maximum Gasteiger partial charge on any atom is 0.125 e. The van der Waals surface area contributed by atoms with E-state index in [1.165, 1.54) is 22.9 Å². The Bertz CT molecular complexity index is 497. The fourth-order valence-corrected chi connectivity index (χ4v) is 1.54. The van der Waals surface area contributed by atoms with Crippen molar-refractivity contribution in [3.8, 4) is 5.69 Å². The normalized spacial score (nSPS) is 10.7. The summed E-state index contributed by atoms with van der Waals surface area (Å²) in [5.74, 6) is -0.365. The molecule has 16 heavy (non-hydrogen) atoms. The van der Waals surface area contributed by atoms with Gasteiger partial charge in [-0.2, -0.15) is 0 Å². The molecule has 4 nitrogen and oxygen atoms in total. The van der Waals surface area contributed by atoms with Crippen LogP contribution in [0.25, 0.3) is 5.69 Å². The van der Waals surface area contributed by atoms with Crippen molar-refractivity contribution in [1.82, 2.24) is 15.0 Å². The van der Waals surface area contributed by atoms with Crippen LogP contribution in [0.15, 0.2) is 24.4 Å². The summed E-state index contributed by atoms with van der Waals surface area (Å²) in [4.78, 5) is 0. The maximum absolute atomic E-state index is 13.0. The largest absolute Gasteiger partial charge is 0.330 e. The van der Waals surface area contributed by atoms with Gasteiger partial charge in [-0.05, 0) is 18.7 Å². The second-order valence-electron chi connectivity index (χ2n) is 3.29. The smallest absolute Gasteiger partial charge is 0.125 e. The summed E-state index contributed by atoms with van der Waals surface area (Å²) in [7, 11) is 0. The Kier molecular flexibility index (Phi) is 3.17. The number of aromatic nitrogens is 3. The van der Waals surface area contributed by atoms with Crippen molar-refractivity contribution < 1.29 is 4.39 Å². The first-order chi connectivity index (χ1) is 7.70. The van der Waals surface area contributed by atoms with Crippen molar-refractivity contribution in [2.24, 2.45) is 5.73 Å². The van der Waals surface area contributed by atoms with Gasteiger partial charge in [-0.25, -0.2) is 9.07 Å². The summed E-state index contributed by atoms with van der Waals surface area (Å²) in [6, 6.07) is 4.09. The van der Waals surface area contributed by atoms with Gasteiger partial charge >= 0.3 is 0 Å². The number of hydrogen-bond acceptors (Lipinski definition) is 3. The molecule has 1 aromatic carbocycles. The average Bonchev–Trinajstić information content (AvgIpc) is 2.71. The first kappa shape index (κ1) is 11.0. The van der Waals surface area contributed by atoms with E-state index in [1.54, 1.807) is 6.20 Å². The van der Waals surface area contributed by atoms with Gasteiger partial charge in [0.25, 0.3) is 0 Å². The van der Waals surface area contributed by atoms with E-state index in [2.05, 4.69) is 10.3 Å². The average molecular weight is 241 g/mol. The van der Waals surface area contributed by atoms with Gasteiger partial charge in [0.05, 0.1) is 22.6 Å². The lowest BCUT2D eigenvalue weighted by molar-refractivity contribution is 0.625. The van der Waals surface area contributed by atoms with Crippen molar-refractivity contribution in [1.29, 1.82) is 0 Å². The van der Waals surface area contributed by atoms with E-state index in [0.717, 1.165) is 5.69 Å². The first-order valence-electron chi connectivity index (χ1n) is 4.77. The number of halogens is 2. The van der Waals surface area contributed by atoms with Crippen LogP contribution < -0.4 is 5.73 Å². The molecular formula is C10H10ClFN4. The molecule has 0 radical (unpaired) electrons. The highest BCUT2D eigenvalue weighted by Gasteiger charge is 2.07. The summed E-state index contributed by atoms with van der Waals surface area (Å²) in [5.41, 5.74) is 6.62.